The molecule has 0 amide bonds. The Morgan fingerprint density at radius 1 is 1.35 bits per heavy atom. The second-order valence-electron chi connectivity index (χ2n) is 6.47. The molecule has 0 bridgehead atoms. The molecule has 124 valence electrons. The van der Waals surface area contributed by atoms with Crippen molar-refractivity contribution < 1.29 is 9.53 Å². The molecule has 0 saturated heterocycles. The van der Waals surface area contributed by atoms with Gasteiger partial charge in [-0.25, -0.2) is 9.78 Å². The van der Waals surface area contributed by atoms with Gasteiger partial charge in [-0.3, -0.25) is 0 Å². The number of imidazole rings is 1. The summed E-state index contributed by atoms with van der Waals surface area (Å²) in [6.45, 7) is 2.28. The molecule has 2 aromatic rings. The molecule has 1 heterocycles. The largest absolute Gasteiger partial charge is 0.465 e. The van der Waals surface area contributed by atoms with Crippen LogP contribution in [0.1, 0.15) is 61.1 Å². The fourth-order valence-corrected chi connectivity index (χ4v) is 4.18. The van der Waals surface area contributed by atoms with Crippen LogP contribution in [0.2, 0.25) is 0 Å². The van der Waals surface area contributed by atoms with Crippen molar-refractivity contribution in [3.05, 3.63) is 28.0 Å². The zero-order valence-corrected chi connectivity index (χ0v) is 15.5. The summed E-state index contributed by atoms with van der Waals surface area (Å²) in [6, 6.07) is 3.79. The monoisotopic (exact) mass is 378 g/mol. The number of hydrogen-bond donors (Lipinski definition) is 0. The van der Waals surface area contributed by atoms with Gasteiger partial charge in [0, 0.05) is 17.4 Å². The number of carbonyl (C=O) groups is 1. The minimum absolute atomic E-state index is 0.338. The van der Waals surface area contributed by atoms with E-state index in [2.05, 4.69) is 34.5 Å². The average Bonchev–Trinajstić information content (AvgIpc) is 2.90. The van der Waals surface area contributed by atoms with Gasteiger partial charge in [0.1, 0.15) is 5.82 Å². The summed E-state index contributed by atoms with van der Waals surface area (Å²) in [6.07, 6.45) is 6.29. The minimum atomic E-state index is -0.338. The van der Waals surface area contributed by atoms with E-state index in [1.54, 1.807) is 0 Å². The van der Waals surface area contributed by atoms with Crippen molar-refractivity contribution >= 4 is 32.9 Å². The fraction of sp³-hybridized carbons (Fsp3) is 0.556. The Bertz CT molecular complexity index is 730. The van der Waals surface area contributed by atoms with Crippen molar-refractivity contribution in [3.8, 4) is 0 Å². The Labute approximate surface area is 145 Å². The van der Waals surface area contributed by atoms with E-state index in [0.29, 0.717) is 11.5 Å². The highest BCUT2D eigenvalue weighted by atomic mass is 79.9. The first-order chi connectivity index (χ1) is 11.0. The SMILES string of the molecule is CCC1CCC(c2nc3cc(C(=O)OC)c(Br)cc3n2C)CC1. The maximum atomic E-state index is 11.9. The predicted octanol–water partition coefficient (Wildman–Crippen LogP) is 4.81. The zero-order valence-electron chi connectivity index (χ0n) is 13.9. The van der Waals surface area contributed by atoms with E-state index in [0.717, 1.165) is 27.2 Å². The second kappa shape index (κ2) is 6.63. The Morgan fingerprint density at radius 3 is 2.65 bits per heavy atom. The third-order valence-corrected chi connectivity index (χ3v) is 5.85. The molecule has 23 heavy (non-hydrogen) atoms. The molecule has 3 rings (SSSR count). The van der Waals surface area contributed by atoms with Crippen LogP contribution >= 0.6 is 15.9 Å². The van der Waals surface area contributed by atoms with Crippen LogP contribution in [0.5, 0.6) is 0 Å². The van der Waals surface area contributed by atoms with Crippen LogP contribution in [-0.4, -0.2) is 22.6 Å². The number of nitrogens with zero attached hydrogens (tertiary/aromatic N) is 2. The van der Waals surface area contributed by atoms with E-state index in [9.17, 15) is 4.79 Å². The van der Waals surface area contributed by atoms with Crippen molar-refractivity contribution in [3.63, 3.8) is 0 Å². The number of ether oxygens (including phenoxy) is 1. The Balaban J connectivity index is 1.97. The van der Waals surface area contributed by atoms with Gasteiger partial charge in [-0.05, 0) is 59.7 Å². The first-order valence-corrected chi connectivity index (χ1v) is 9.08. The summed E-state index contributed by atoms with van der Waals surface area (Å²) in [5.74, 6) is 2.20. The van der Waals surface area contributed by atoms with Crippen molar-refractivity contribution in [1.29, 1.82) is 0 Å². The summed E-state index contributed by atoms with van der Waals surface area (Å²) in [5.41, 5.74) is 2.44. The smallest absolute Gasteiger partial charge is 0.339 e. The van der Waals surface area contributed by atoms with Gasteiger partial charge in [0.05, 0.1) is 23.7 Å². The van der Waals surface area contributed by atoms with E-state index < -0.39 is 0 Å². The van der Waals surface area contributed by atoms with E-state index >= 15 is 0 Å². The molecule has 1 aromatic heterocycles. The van der Waals surface area contributed by atoms with Crippen LogP contribution in [0.25, 0.3) is 11.0 Å². The lowest BCUT2D eigenvalue weighted by Crippen LogP contribution is -2.15. The number of aryl methyl sites for hydroxylation is 1. The van der Waals surface area contributed by atoms with Crippen molar-refractivity contribution in [2.45, 2.75) is 44.9 Å². The van der Waals surface area contributed by atoms with Crippen LogP contribution in [0, 0.1) is 5.92 Å². The van der Waals surface area contributed by atoms with Gasteiger partial charge in [-0.15, -0.1) is 0 Å². The third-order valence-electron chi connectivity index (χ3n) is 5.20. The summed E-state index contributed by atoms with van der Waals surface area (Å²) in [7, 11) is 3.47. The maximum absolute atomic E-state index is 11.9. The van der Waals surface area contributed by atoms with Gasteiger partial charge in [0.25, 0.3) is 0 Å². The van der Waals surface area contributed by atoms with E-state index in [1.165, 1.54) is 39.2 Å². The van der Waals surface area contributed by atoms with Gasteiger partial charge in [-0.1, -0.05) is 13.3 Å². The molecule has 1 fully saturated rings. The van der Waals surface area contributed by atoms with Crippen LogP contribution in [-0.2, 0) is 11.8 Å². The third kappa shape index (κ3) is 3.03. The lowest BCUT2D eigenvalue weighted by Gasteiger charge is -2.27. The molecule has 5 heteroatoms. The van der Waals surface area contributed by atoms with Gasteiger partial charge >= 0.3 is 5.97 Å². The van der Waals surface area contributed by atoms with E-state index in [1.807, 2.05) is 12.1 Å². The summed E-state index contributed by atoms with van der Waals surface area (Å²) in [4.78, 5) is 16.7. The lowest BCUT2D eigenvalue weighted by molar-refractivity contribution is 0.0600. The van der Waals surface area contributed by atoms with Crippen LogP contribution < -0.4 is 0 Å². The number of benzene rings is 1. The highest BCUT2D eigenvalue weighted by Crippen LogP contribution is 2.38. The zero-order chi connectivity index (χ0) is 16.6. The quantitative estimate of drug-likeness (QED) is 0.719. The van der Waals surface area contributed by atoms with Gasteiger partial charge in [0.2, 0.25) is 0 Å². The molecule has 0 aliphatic heterocycles. The number of carbonyl (C=O) groups excluding carboxylic acids is 1. The first kappa shape index (κ1) is 16.5. The van der Waals surface area contributed by atoms with Crippen molar-refractivity contribution in [1.82, 2.24) is 9.55 Å². The summed E-state index contributed by atoms with van der Waals surface area (Å²) >= 11 is 3.47. The summed E-state index contributed by atoms with van der Waals surface area (Å²) < 4.78 is 7.77. The molecular formula is C18H23BrN2O2. The molecule has 0 N–H and O–H groups in total. The molecule has 1 aliphatic rings. The predicted molar refractivity (Wildman–Crippen MR) is 94.7 cm³/mol. The highest BCUT2D eigenvalue weighted by molar-refractivity contribution is 9.10. The molecule has 4 nitrogen and oxygen atoms in total. The molecule has 0 spiro atoms. The van der Waals surface area contributed by atoms with Gasteiger partial charge in [0.15, 0.2) is 0 Å². The van der Waals surface area contributed by atoms with Crippen LogP contribution in [0.3, 0.4) is 0 Å². The number of hydrogen-bond acceptors (Lipinski definition) is 3. The maximum Gasteiger partial charge on any atom is 0.339 e. The second-order valence-corrected chi connectivity index (χ2v) is 7.32. The minimum Gasteiger partial charge on any atom is -0.465 e. The van der Waals surface area contributed by atoms with Gasteiger partial charge < -0.3 is 9.30 Å². The van der Waals surface area contributed by atoms with E-state index in [-0.39, 0.29) is 5.97 Å². The first-order valence-electron chi connectivity index (χ1n) is 8.29. The number of fused-ring (bicyclic) bond motifs is 1. The highest BCUT2D eigenvalue weighted by Gasteiger charge is 2.25. The fourth-order valence-electron chi connectivity index (χ4n) is 3.69. The number of esters is 1. The lowest BCUT2D eigenvalue weighted by atomic mass is 9.80. The molecule has 1 aromatic carbocycles. The standard InChI is InChI=1S/C18H23BrN2O2/c1-4-11-5-7-12(8-6-11)17-20-15-9-13(18(22)23-3)14(19)10-16(15)21(17)2/h9-12H,4-8H2,1-3H3. The normalized spacial score (nSPS) is 21.6. The molecule has 1 aliphatic carbocycles. The topological polar surface area (TPSA) is 44.1 Å². The Morgan fingerprint density at radius 2 is 2.04 bits per heavy atom. The van der Waals surface area contributed by atoms with Crippen molar-refractivity contribution in [2.75, 3.05) is 7.11 Å². The van der Waals surface area contributed by atoms with Crippen molar-refractivity contribution in [2.24, 2.45) is 13.0 Å². The Hall–Kier alpha value is -1.36. The average molecular weight is 379 g/mol. The summed E-state index contributed by atoms with van der Waals surface area (Å²) in [5, 5.41) is 0. The number of methoxy groups -OCH3 is 1. The molecular weight excluding hydrogens is 356 g/mol. The van der Waals surface area contributed by atoms with Gasteiger partial charge in [-0.2, -0.15) is 0 Å². The van der Waals surface area contributed by atoms with E-state index in [4.69, 9.17) is 9.72 Å². The van der Waals surface area contributed by atoms with Crippen LogP contribution in [0.15, 0.2) is 16.6 Å². The molecule has 0 atom stereocenters. The molecule has 0 radical (unpaired) electrons. The van der Waals surface area contributed by atoms with Crippen LogP contribution in [0.4, 0.5) is 0 Å². The number of aromatic nitrogens is 2. The number of halogens is 1. The molecule has 0 unspecified atom stereocenters. The number of rotatable bonds is 3. The Kier molecular flexibility index (Phi) is 4.76. The molecule has 1 saturated carbocycles.